The first-order valence-electron chi connectivity index (χ1n) is 17.0. The molecule has 4 unspecified atom stereocenters. The summed E-state index contributed by atoms with van der Waals surface area (Å²) in [6.07, 6.45) is 9.33. The van der Waals surface area contributed by atoms with E-state index in [1.807, 2.05) is 39.0 Å². The van der Waals surface area contributed by atoms with Gasteiger partial charge in [-0.2, -0.15) is 0 Å². The van der Waals surface area contributed by atoms with Crippen molar-refractivity contribution in [1.29, 1.82) is 0 Å². The number of unbranched alkanes of at least 4 members (excludes halogenated alkanes) is 1. The van der Waals surface area contributed by atoms with Crippen molar-refractivity contribution in [2.45, 2.75) is 125 Å². The highest BCUT2D eigenvalue weighted by atomic mass is 16.5. The van der Waals surface area contributed by atoms with Crippen LogP contribution in [0.15, 0.2) is 29.3 Å². The Bertz CT molecular complexity index is 1180. The largest absolute Gasteiger partial charge is 0.496 e. The van der Waals surface area contributed by atoms with Crippen molar-refractivity contribution in [3.63, 3.8) is 0 Å². The number of anilines is 1. The number of fused-ring (bicyclic) bond motifs is 2. The van der Waals surface area contributed by atoms with E-state index in [0.29, 0.717) is 12.0 Å². The second-order valence-corrected chi connectivity index (χ2v) is 12.0. The molecular formula is C37H59N3O4. The second kappa shape index (κ2) is 19.5. The number of nitrogens with zero attached hydrogens (tertiary/aromatic N) is 2. The molecule has 4 rings (SSSR count). The number of aliphatic carboxylic acids is 1. The van der Waals surface area contributed by atoms with Crippen LogP contribution in [0.2, 0.25) is 0 Å². The molecule has 0 bridgehead atoms. The average molecular weight is 610 g/mol. The molecule has 3 heterocycles. The van der Waals surface area contributed by atoms with Crippen molar-refractivity contribution in [3.8, 4) is 5.75 Å². The summed E-state index contributed by atoms with van der Waals surface area (Å²) in [4.78, 5) is 20.4. The van der Waals surface area contributed by atoms with Crippen LogP contribution < -0.4 is 10.1 Å². The number of carboxylic acids is 1. The molecule has 2 aliphatic heterocycles. The van der Waals surface area contributed by atoms with E-state index >= 15 is 0 Å². The number of methoxy groups -OCH3 is 1. The Morgan fingerprint density at radius 3 is 2.57 bits per heavy atom. The van der Waals surface area contributed by atoms with Crippen molar-refractivity contribution in [3.05, 3.63) is 52.2 Å². The minimum Gasteiger partial charge on any atom is -0.496 e. The molecule has 0 saturated heterocycles. The molecule has 0 fully saturated rings. The summed E-state index contributed by atoms with van der Waals surface area (Å²) in [7, 11) is 1.75. The van der Waals surface area contributed by atoms with Gasteiger partial charge in [-0.1, -0.05) is 66.2 Å². The predicted octanol–water partition coefficient (Wildman–Crippen LogP) is 8.83. The quantitative estimate of drug-likeness (QED) is 0.220. The Hall–Kier alpha value is -2.93. The Morgan fingerprint density at radius 1 is 1.16 bits per heavy atom. The smallest absolute Gasteiger partial charge is 0.310 e. The van der Waals surface area contributed by atoms with Crippen LogP contribution >= 0.6 is 0 Å². The van der Waals surface area contributed by atoms with Crippen LogP contribution in [0.5, 0.6) is 5.75 Å². The molecule has 0 amide bonds. The summed E-state index contributed by atoms with van der Waals surface area (Å²) in [5, 5.41) is 12.6. The number of hydrogen-bond donors (Lipinski definition) is 2. The van der Waals surface area contributed by atoms with E-state index < -0.39 is 11.9 Å². The highest BCUT2D eigenvalue weighted by Crippen LogP contribution is 2.33. The SMILES string of the molecule is CC.CC1=NCC(C)c2c1cccc2C(C)C(=O)O.CCC(C)CC(CC)OCCCCc1cc(OC)c2c(n1)NCCC2. The van der Waals surface area contributed by atoms with Gasteiger partial charge >= 0.3 is 5.97 Å². The predicted molar refractivity (Wildman–Crippen MR) is 184 cm³/mol. The van der Waals surface area contributed by atoms with Gasteiger partial charge in [0.1, 0.15) is 11.6 Å². The van der Waals surface area contributed by atoms with Gasteiger partial charge in [0.2, 0.25) is 0 Å². The number of carbonyl (C=O) groups is 1. The summed E-state index contributed by atoms with van der Waals surface area (Å²) in [6.45, 7) is 19.2. The summed E-state index contributed by atoms with van der Waals surface area (Å²) in [5.41, 5.74) is 6.56. The average Bonchev–Trinajstić information content (AvgIpc) is 3.05. The summed E-state index contributed by atoms with van der Waals surface area (Å²) in [6, 6.07) is 7.99. The van der Waals surface area contributed by atoms with Crippen molar-refractivity contribution in [2.24, 2.45) is 10.9 Å². The molecule has 246 valence electrons. The van der Waals surface area contributed by atoms with Crippen molar-refractivity contribution >= 4 is 17.5 Å². The first kappa shape index (κ1) is 37.3. The van der Waals surface area contributed by atoms with E-state index in [0.717, 1.165) is 104 Å². The number of hydrogen-bond acceptors (Lipinski definition) is 6. The first-order chi connectivity index (χ1) is 21.2. The standard InChI is InChI=1S/C21H36N2O2.C14H17NO2.C2H6/c1-5-16(3)14-18(6-2)25-13-8-7-10-17-15-20(24-4)19-11-9-12-22-21(19)23-17;1-8-7-15-10(3)12-6-4-5-11(13(8)12)9(2)14(16)17;1-2/h15-16,18H,5-14H2,1-4H3,(H,22,23);4-6,8-9H,7H2,1-3H3,(H,16,17);1-2H3. The first-order valence-corrected chi connectivity index (χ1v) is 17.0. The van der Waals surface area contributed by atoms with E-state index in [-0.39, 0.29) is 0 Å². The summed E-state index contributed by atoms with van der Waals surface area (Å²) in [5.74, 6) is 1.83. The second-order valence-electron chi connectivity index (χ2n) is 12.0. The number of benzene rings is 1. The fourth-order valence-corrected chi connectivity index (χ4v) is 5.80. The van der Waals surface area contributed by atoms with Gasteiger partial charge in [0.05, 0.1) is 19.1 Å². The van der Waals surface area contributed by atoms with Crippen LogP contribution in [0.25, 0.3) is 0 Å². The van der Waals surface area contributed by atoms with Crippen LogP contribution in [-0.4, -0.2) is 54.7 Å². The third kappa shape index (κ3) is 10.6. The zero-order chi connectivity index (χ0) is 32.6. The molecule has 1 aromatic heterocycles. The van der Waals surface area contributed by atoms with Crippen LogP contribution in [-0.2, 0) is 22.4 Å². The van der Waals surface area contributed by atoms with Gasteiger partial charge in [0, 0.05) is 48.6 Å². The monoisotopic (exact) mass is 609 g/mol. The molecule has 0 spiro atoms. The summed E-state index contributed by atoms with van der Waals surface area (Å²) < 4.78 is 11.6. The lowest BCUT2D eigenvalue weighted by molar-refractivity contribution is -0.138. The maximum Gasteiger partial charge on any atom is 0.310 e. The molecule has 7 nitrogen and oxygen atoms in total. The van der Waals surface area contributed by atoms with Gasteiger partial charge in [0.25, 0.3) is 0 Å². The fourth-order valence-electron chi connectivity index (χ4n) is 5.80. The van der Waals surface area contributed by atoms with E-state index in [1.165, 1.54) is 18.4 Å². The number of aromatic nitrogens is 1. The maximum atomic E-state index is 11.1. The molecule has 4 atom stereocenters. The number of aliphatic imine (C=N–C) groups is 1. The molecule has 1 aromatic carbocycles. The normalized spacial score (nSPS) is 17.1. The van der Waals surface area contributed by atoms with Crippen LogP contribution in [0, 0.1) is 5.92 Å². The number of nitrogens with one attached hydrogen (secondary N) is 1. The minimum absolute atomic E-state index is 0.298. The maximum absolute atomic E-state index is 11.1. The van der Waals surface area contributed by atoms with Crippen molar-refractivity contribution < 1.29 is 19.4 Å². The van der Waals surface area contributed by atoms with Gasteiger partial charge in [-0.25, -0.2) is 4.98 Å². The Labute approximate surface area is 267 Å². The third-order valence-electron chi connectivity index (χ3n) is 8.71. The molecule has 44 heavy (non-hydrogen) atoms. The Kier molecular flexibility index (Phi) is 16.5. The van der Waals surface area contributed by atoms with Crippen LogP contribution in [0.3, 0.4) is 0 Å². The number of pyridine rings is 1. The van der Waals surface area contributed by atoms with Crippen molar-refractivity contribution in [1.82, 2.24) is 4.98 Å². The van der Waals surface area contributed by atoms with E-state index in [4.69, 9.17) is 19.6 Å². The van der Waals surface area contributed by atoms with E-state index in [9.17, 15) is 4.79 Å². The molecule has 2 aliphatic rings. The lowest BCUT2D eigenvalue weighted by Gasteiger charge is -2.25. The van der Waals surface area contributed by atoms with Gasteiger partial charge < -0.3 is 19.9 Å². The zero-order valence-electron chi connectivity index (χ0n) is 29.0. The van der Waals surface area contributed by atoms with Gasteiger partial charge in [-0.05, 0) is 81.4 Å². The third-order valence-corrected chi connectivity index (χ3v) is 8.71. The van der Waals surface area contributed by atoms with Gasteiger partial charge in [-0.15, -0.1) is 0 Å². The molecule has 7 heteroatoms. The van der Waals surface area contributed by atoms with Crippen LogP contribution in [0.1, 0.15) is 134 Å². The Balaban J connectivity index is 0.000000309. The zero-order valence-corrected chi connectivity index (χ0v) is 29.0. The van der Waals surface area contributed by atoms with Gasteiger partial charge in [-0.3, -0.25) is 9.79 Å². The van der Waals surface area contributed by atoms with Crippen LogP contribution in [0.4, 0.5) is 5.82 Å². The van der Waals surface area contributed by atoms with Gasteiger partial charge in [0.15, 0.2) is 0 Å². The Morgan fingerprint density at radius 2 is 1.91 bits per heavy atom. The number of rotatable bonds is 13. The minimum atomic E-state index is -0.772. The molecule has 0 radical (unpaired) electrons. The fraction of sp³-hybridized carbons (Fsp3) is 0.649. The highest BCUT2D eigenvalue weighted by molar-refractivity contribution is 6.01. The molecule has 0 saturated carbocycles. The number of carboxylic acid groups (broad SMARTS) is 1. The lowest BCUT2D eigenvalue weighted by Crippen LogP contribution is -2.19. The highest BCUT2D eigenvalue weighted by Gasteiger charge is 2.25. The molecule has 2 aromatic rings. The molecule has 2 N–H and O–H groups in total. The van der Waals surface area contributed by atoms with E-state index in [2.05, 4.69) is 44.1 Å². The lowest BCUT2D eigenvalue weighted by atomic mass is 9.83. The topological polar surface area (TPSA) is 93.0 Å². The van der Waals surface area contributed by atoms with E-state index in [1.54, 1.807) is 14.0 Å². The van der Waals surface area contributed by atoms with Crippen molar-refractivity contribution in [2.75, 3.05) is 32.1 Å². The molecule has 0 aliphatic carbocycles. The summed E-state index contributed by atoms with van der Waals surface area (Å²) >= 11 is 0. The number of aryl methyl sites for hydroxylation is 1. The molecular weight excluding hydrogens is 550 g/mol. The number of ether oxygens (including phenoxy) is 2.